The number of hydrogen-bond acceptors (Lipinski definition) is 2. The van der Waals surface area contributed by atoms with E-state index < -0.39 is 5.92 Å². The molecule has 2 heteroatoms. The van der Waals surface area contributed by atoms with Gasteiger partial charge in [0.2, 0.25) is 6.29 Å². The summed E-state index contributed by atoms with van der Waals surface area (Å²) >= 11 is 0. The second kappa shape index (κ2) is 30.6. The van der Waals surface area contributed by atoms with Crippen LogP contribution in [0.5, 0.6) is 0 Å². The van der Waals surface area contributed by atoms with Crippen molar-refractivity contribution in [3.8, 4) is 0 Å². The van der Waals surface area contributed by atoms with Crippen molar-refractivity contribution in [3.63, 3.8) is 0 Å². The summed E-state index contributed by atoms with van der Waals surface area (Å²) in [4.78, 5) is 23.7. The van der Waals surface area contributed by atoms with Crippen molar-refractivity contribution in [1.29, 1.82) is 0 Å². The fraction of sp³-hybridized carbons (Fsp3) is 0.941. The first-order chi connectivity index (χ1) is 17.8. The first-order valence-electron chi connectivity index (χ1n) is 16.7. The predicted molar refractivity (Wildman–Crippen MR) is 159 cm³/mol. The lowest BCUT2D eigenvalue weighted by molar-refractivity contribution is -0.121. The monoisotopic (exact) mass is 505 g/mol. The molecule has 36 heavy (non-hydrogen) atoms. The van der Waals surface area contributed by atoms with Crippen LogP contribution in [0, 0.1) is 5.92 Å². The fourth-order valence-electron chi connectivity index (χ4n) is 5.32. The molecule has 0 aliphatic heterocycles. The van der Waals surface area contributed by atoms with E-state index in [9.17, 15) is 9.59 Å². The molecule has 0 aromatic carbocycles. The molecule has 0 saturated heterocycles. The van der Waals surface area contributed by atoms with E-state index in [2.05, 4.69) is 13.8 Å². The van der Waals surface area contributed by atoms with Crippen LogP contribution in [-0.4, -0.2) is 12.1 Å². The van der Waals surface area contributed by atoms with E-state index >= 15 is 0 Å². The Morgan fingerprint density at radius 3 is 1.03 bits per heavy atom. The maximum Gasteiger partial charge on any atom is 0.209 e. The summed E-state index contributed by atoms with van der Waals surface area (Å²) in [5.74, 6) is -0.317. The van der Waals surface area contributed by atoms with Crippen molar-refractivity contribution >= 4 is 12.1 Å². The second-order valence-corrected chi connectivity index (χ2v) is 11.5. The lowest BCUT2D eigenvalue weighted by Crippen LogP contribution is -2.15. The zero-order valence-corrected chi connectivity index (χ0v) is 24.9. The number of unbranched alkanes of at least 4 members (excludes halogenated alkanes) is 25. The van der Waals surface area contributed by atoms with Gasteiger partial charge in [-0.1, -0.05) is 181 Å². The maximum absolute atomic E-state index is 12.4. The average Bonchev–Trinajstić information content (AvgIpc) is 2.89. The molecule has 0 heterocycles. The molecule has 0 aliphatic carbocycles. The van der Waals surface area contributed by atoms with Crippen LogP contribution in [0.3, 0.4) is 0 Å². The molecule has 0 saturated carbocycles. The highest BCUT2D eigenvalue weighted by Gasteiger charge is 2.17. The number of carbonyl (C=O) groups excluding carboxylic acids is 2. The van der Waals surface area contributed by atoms with Crippen LogP contribution in [-0.2, 0) is 9.59 Å². The Morgan fingerprint density at radius 1 is 0.444 bits per heavy atom. The van der Waals surface area contributed by atoms with Gasteiger partial charge in [-0.15, -0.1) is 0 Å². The third kappa shape index (κ3) is 26.4. The number of rotatable bonds is 31. The standard InChI is InChI=1S/C34H65O2/c1-3-5-7-9-11-13-15-17-19-20-22-24-26-28-30-33(32-35)34(36)31-29-27-25-23-21-18-16-14-12-10-8-6-4-2/h33H,3-31H2,1-2H3. The van der Waals surface area contributed by atoms with Gasteiger partial charge in [-0.3, -0.25) is 9.59 Å². The molecule has 2 nitrogen and oxygen atoms in total. The van der Waals surface area contributed by atoms with Crippen LogP contribution < -0.4 is 0 Å². The molecule has 0 aliphatic rings. The van der Waals surface area contributed by atoms with E-state index in [0.717, 1.165) is 32.1 Å². The molecule has 0 aromatic rings. The molecule has 0 fully saturated rings. The van der Waals surface area contributed by atoms with Gasteiger partial charge >= 0.3 is 0 Å². The number of hydrogen-bond donors (Lipinski definition) is 0. The van der Waals surface area contributed by atoms with Crippen molar-refractivity contribution in [1.82, 2.24) is 0 Å². The van der Waals surface area contributed by atoms with E-state index in [4.69, 9.17) is 0 Å². The lowest BCUT2D eigenvalue weighted by atomic mass is 9.94. The Hall–Kier alpha value is -0.660. The normalized spacial score (nSPS) is 12.2. The molecule has 1 unspecified atom stereocenters. The Morgan fingerprint density at radius 2 is 0.722 bits per heavy atom. The highest BCUT2D eigenvalue weighted by molar-refractivity contribution is 5.93. The topological polar surface area (TPSA) is 34.1 Å². The van der Waals surface area contributed by atoms with Gasteiger partial charge in [0.1, 0.15) is 5.78 Å². The minimum atomic E-state index is -0.459. The summed E-state index contributed by atoms with van der Waals surface area (Å²) in [7, 11) is 0. The van der Waals surface area contributed by atoms with Crippen LogP contribution in [0.1, 0.15) is 200 Å². The summed E-state index contributed by atoms with van der Waals surface area (Å²) in [5, 5.41) is 0. The van der Waals surface area contributed by atoms with Crippen molar-refractivity contribution in [3.05, 3.63) is 0 Å². The summed E-state index contributed by atoms with van der Waals surface area (Å²) in [6, 6.07) is 0. The summed E-state index contributed by atoms with van der Waals surface area (Å²) in [6.07, 6.45) is 39.1. The zero-order chi connectivity index (χ0) is 26.4. The third-order valence-corrected chi connectivity index (χ3v) is 7.90. The minimum absolute atomic E-state index is 0.141. The Kier molecular flexibility index (Phi) is 30.0. The SMILES string of the molecule is CCCCCCCCCCCCCCCCC([C]=O)C(=O)CCCCCCCCCCCCCCC. The van der Waals surface area contributed by atoms with Crippen LogP contribution >= 0.6 is 0 Å². The van der Waals surface area contributed by atoms with Crippen molar-refractivity contribution in [2.75, 3.05) is 0 Å². The molecule has 0 rings (SSSR count). The van der Waals surface area contributed by atoms with Crippen molar-refractivity contribution in [2.45, 2.75) is 200 Å². The van der Waals surface area contributed by atoms with E-state index in [-0.39, 0.29) is 5.78 Å². The molecular weight excluding hydrogens is 440 g/mol. The smallest absolute Gasteiger partial charge is 0.209 e. The second-order valence-electron chi connectivity index (χ2n) is 11.5. The Balaban J connectivity index is 3.42. The first-order valence-corrected chi connectivity index (χ1v) is 16.7. The molecule has 0 spiro atoms. The van der Waals surface area contributed by atoms with Gasteiger partial charge in [-0.05, 0) is 12.8 Å². The molecule has 0 bridgehead atoms. The molecule has 0 N–H and O–H groups in total. The molecular formula is C34H65O2. The first kappa shape index (κ1) is 35.3. The quantitative estimate of drug-likeness (QED) is 0.0693. The zero-order valence-electron chi connectivity index (χ0n) is 24.9. The molecule has 1 radical (unpaired) electrons. The van der Waals surface area contributed by atoms with Crippen LogP contribution in [0.4, 0.5) is 0 Å². The highest BCUT2D eigenvalue weighted by Crippen LogP contribution is 2.17. The molecule has 213 valence electrons. The van der Waals surface area contributed by atoms with Gasteiger partial charge in [0, 0.05) is 6.42 Å². The van der Waals surface area contributed by atoms with E-state index in [0.29, 0.717) is 6.42 Å². The van der Waals surface area contributed by atoms with Gasteiger partial charge in [0.05, 0.1) is 5.92 Å². The summed E-state index contributed by atoms with van der Waals surface area (Å²) in [5.41, 5.74) is 0. The van der Waals surface area contributed by atoms with Gasteiger partial charge in [0.25, 0.3) is 0 Å². The lowest BCUT2D eigenvalue weighted by Gasteiger charge is -2.09. The third-order valence-electron chi connectivity index (χ3n) is 7.90. The van der Waals surface area contributed by atoms with Gasteiger partial charge in [-0.2, -0.15) is 0 Å². The fourth-order valence-corrected chi connectivity index (χ4v) is 5.32. The summed E-state index contributed by atoms with van der Waals surface area (Å²) < 4.78 is 0. The Bertz CT molecular complexity index is 444. The van der Waals surface area contributed by atoms with E-state index in [1.807, 2.05) is 6.29 Å². The van der Waals surface area contributed by atoms with E-state index in [1.165, 1.54) is 148 Å². The Labute approximate surface area is 227 Å². The number of Topliss-reactive ketones (excluding diaryl/α,β-unsaturated/α-hetero) is 1. The van der Waals surface area contributed by atoms with Gasteiger partial charge < -0.3 is 0 Å². The van der Waals surface area contributed by atoms with Crippen LogP contribution in [0.25, 0.3) is 0 Å². The van der Waals surface area contributed by atoms with Gasteiger partial charge in [0.15, 0.2) is 0 Å². The summed E-state index contributed by atoms with van der Waals surface area (Å²) in [6.45, 7) is 4.55. The molecule has 0 aromatic heterocycles. The molecule has 0 amide bonds. The van der Waals surface area contributed by atoms with Crippen LogP contribution in [0.2, 0.25) is 0 Å². The van der Waals surface area contributed by atoms with Crippen LogP contribution in [0.15, 0.2) is 0 Å². The number of carbonyl (C=O) groups is 1. The number of ketones is 1. The van der Waals surface area contributed by atoms with Crippen molar-refractivity contribution in [2.24, 2.45) is 5.92 Å². The maximum atomic E-state index is 12.4. The predicted octanol–water partition coefficient (Wildman–Crippen LogP) is 11.6. The highest BCUT2D eigenvalue weighted by atomic mass is 16.1. The average molecular weight is 506 g/mol. The molecule has 1 atom stereocenters. The minimum Gasteiger partial charge on any atom is -0.299 e. The van der Waals surface area contributed by atoms with Crippen molar-refractivity contribution < 1.29 is 9.59 Å². The van der Waals surface area contributed by atoms with E-state index in [1.54, 1.807) is 0 Å². The largest absolute Gasteiger partial charge is 0.299 e. The van der Waals surface area contributed by atoms with Gasteiger partial charge in [-0.25, -0.2) is 0 Å².